The molecule has 1 heterocycles. The summed E-state index contributed by atoms with van der Waals surface area (Å²) < 4.78 is 0. The number of aromatic nitrogens is 1. The van der Waals surface area contributed by atoms with Crippen LogP contribution in [0.5, 0.6) is 5.88 Å². The lowest BCUT2D eigenvalue weighted by atomic mass is 10.0. The van der Waals surface area contributed by atoms with Crippen molar-refractivity contribution in [2.45, 2.75) is 13.3 Å². The Kier molecular flexibility index (Phi) is 6.73. The molecule has 3 N–H and O–H groups in total. The summed E-state index contributed by atoms with van der Waals surface area (Å²) in [6.45, 7) is 1.72. The van der Waals surface area contributed by atoms with E-state index in [-0.39, 0.29) is 24.1 Å². The van der Waals surface area contributed by atoms with Crippen LogP contribution in [0, 0.1) is 0 Å². The van der Waals surface area contributed by atoms with Gasteiger partial charge in [0.2, 0.25) is 11.8 Å². The second kappa shape index (κ2) is 10.0. The molecule has 0 atom stereocenters. The maximum atomic E-state index is 12.4. The zero-order chi connectivity index (χ0) is 24.1. The van der Waals surface area contributed by atoms with Crippen LogP contribution in [0.3, 0.4) is 0 Å². The number of nitrogens with zero attached hydrogens (tertiary/aromatic N) is 2. The van der Waals surface area contributed by atoms with E-state index in [4.69, 9.17) is 4.99 Å². The van der Waals surface area contributed by atoms with Gasteiger partial charge in [0.1, 0.15) is 0 Å². The molecule has 0 bridgehead atoms. The quantitative estimate of drug-likeness (QED) is 0.358. The van der Waals surface area contributed by atoms with E-state index in [2.05, 4.69) is 10.3 Å². The number of carbonyl (C=O) groups is 2. The Labute approximate surface area is 197 Å². The Balaban J connectivity index is 1.66. The van der Waals surface area contributed by atoms with E-state index in [0.29, 0.717) is 23.5 Å². The molecule has 2 amide bonds. The predicted octanol–water partition coefficient (Wildman–Crippen LogP) is 4.53. The molecule has 0 saturated heterocycles. The van der Waals surface area contributed by atoms with Crippen LogP contribution in [0.15, 0.2) is 83.9 Å². The summed E-state index contributed by atoms with van der Waals surface area (Å²) in [7, 11) is 1.70. The first-order valence-corrected chi connectivity index (χ1v) is 11.0. The Morgan fingerprint density at radius 1 is 0.971 bits per heavy atom. The number of benzene rings is 3. The van der Waals surface area contributed by atoms with Gasteiger partial charge >= 0.3 is 0 Å². The van der Waals surface area contributed by atoms with Crippen LogP contribution >= 0.6 is 0 Å². The first kappa shape index (κ1) is 22.8. The third-order valence-corrected chi connectivity index (χ3v) is 5.54. The largest absolute Gasteiger partial charge is 0.494 e. The van der Waals surface area contributed by atoms with Gasteiger partial charge < -0.3 is 20.3 Å². The number of hydrogen-bond donors (Lipinski definition) is 3. The number of anilines is 1. The van der Waals surface area contributed by atoms with Crippen LogP contribution in [-0.2, 0) is 9.59 Å². The lowest BCUT2D eigenvalue weighted by Crippen LogP contribution is -2.31. The minimum Gasteiger partial charge on any atom is -0.494 e. The summed E-state index contributed by atoms with van der Waals surface area (Å²) in [5.74, 6) is -0.197. The zero-order valence-electron chi connectivity index (χ0n) is 19.1. The summed E-state index contributed by atoms with van der Waals surface area (Å²) in [4.78, 5) is 32.9. The van der Waals surface area contributed by atoms with E-state index in [0.717, 1.165) is 22.2 Å². The Morgan fingerprint density at radius 2 is 1.65 bits per heavy atom. The van der Waals surface area contributed by atoms with Crippen molar-refractivity contribution < 1.29 is 14.7 Å². The lowest BCUT2D eigenvalue weighted by Gasteiger charge is -2.17. The number of hydrogen-bond acceptors (Lipinski definition) is 4. The van der Waals surface area contributed by atoms with Gasteiger partial charge in [0.25, 0.3) is 0 Å². The SMILES string of the molecule is CC(=O)NCCC(=O)N(C)c1ccc(N=C(c2ccccc2)c2c(O)[nH]c3ccccc23)cc1. The molecular formula is C27H26N4O3. The fraction of sp³-hybridized carbons (Fsp3) is 0.148. The number of para-hydroxylation sites is 1. The molecule has 0 radical (unpaired) electrons. The molecule has 34 heavy (non-hydrogen) atoms. The summed E-state index contributed by atoms with van der Waals surface area (Å²) >= 11 is 0. The van der Waals surface area contributed by atoms with Gasteiger partial charge in [-0.25, -0.2) is 4.99 Å². The third-order valence-electron chi connectivity index (χ3n) is 5.54. The fourth-order valence-electron chi connectivity index (χ4n) is 3.77. The first-order chi connectivity index (χ1) is 16.4. The molecule has 0 aliphatic heterocycles. The van der Waals surface area contributed by atoms with Gasteiger partial charge in [0, 0.05) is 49.1 Å². The number of H-pyrrole nitrogens is 1. The van der Waals surface area contributed by atoms with E-state index in [1.807, 2.05) is 78.9 Å². The van der Waals surface area contributed by atoms with Crippen molar-refractivity contribution in [2.24, 2.45) is 4.99 Å². The normalized spacial score (nSPS) is 11.4. The van der Waals surface area contributed by atoms with Crippen LogP contribution in [0.25, 0.3) is 10.9 Å². The molecule has 7 nitrogen and oxygen atoms in total. The van der Waals surface area contributed by atoms with Crippen LogP contribution in [0.4, 0.5) is 11.4 Å². The third kappa shape index (κ3) is 4.99. The van der Waals surface area contributed by atoms with E-state index >= 15 is 0 Å². The van der Waals surface area contributed by atoms with Crippen molar-refractivity contribution in [1.82, 2.24) is 10.3 Å². The van der Waals surface area contributed by atoms with Gasteiger partial charge in [-0.1, -0.05) is 48.5 Å². The minimum atomic E-state index is -0.159. The Morgan fingerprint density at radius 3 is 2.35 bits per heavy atom. The molecule has 0 fully saturated rings. The zero-order valence-corrected chi connectivity index (χ0v) is 19.1. The fourth-order valence-corrected chi connectivity index (χ4v) is 3.77. The average molecular weight is 455 g/mol. The number of amides is 2. The highest BCUT2D eigenvalue weighted by atomic mass is 16.3. The van der Waals surface area contributed by atoms with E-state index < -0.39 is 0 Å². The maximum absolute atomic E-state index is 12.4. The highest BCUT2D eigenvalue weighted by Crippen LogP contribution is 2.31. The van der Waals surface area contributed by atoms with Crippen LogP contribution in [0.1, 0.15) is 24.5 Å². The number of carbonyl (C=O) groups excluding carboxylic acids is 2. The number of aromatic hydroxyl groups is 1. The van der Waals surface area contributed by atoms with Crippen molar-refractivity contribution in [3.8, 4) is 5.88 Å². The van der Waals surface area contributed by atoms with Gasteiger partial charge in [-0.05, 0) is 30.3 Å². The number of aliphatic imine (C=N–C) groups is 1. The van der Waals surface area contributed by atoms with E-state index in [1.54, 1.807) is 11.9 Å². The standard InChI is InChI=1S/C27H26N4O3/c1-18(32)28-17-16-24(33)31(2)21-14-12-20(13-15-21)29-26(19-8-4-3-5-9-19)25-22-10-6-7-11-23(22)30-27(25)34/h3-15,30,34H,16-17H2,1-2H3,(H,28,32). The maximum Gasteiger partial charge on any atom is 0.228 e. The van der Waals surface area contributed by atoms with Crippen LogP contribution < -0.4 is 10.2 Å². The summed E-state index contributed by atoms with van der Waals surface area (Å²) in [5.41, 5.74) is 4.39. The van der Waals surface area contributed by atoms with Crippen LogP contribution in [-0.4, -0.2) is 41.2 Å². The molecule has 1 aromatic heterocycles. The highest BCUT2D eigenvalue weighted by molar-refractivity contribution is 6.21. The second-order valence-electron chi connectivity index (χ2n) is 7.92. The van der Waals surface area contributed by atoms with Gasteiger partial charge in [-0.15, -0.1) is 0 Å². The molecule has 0 saturated carbocycles. The molecule has 0 aliphatic carbocycles. The van der Waals surface area contributed by atoms with Gasteiger partial charge in [0.15, 0.2) is 5.88 Å². The van der Waals surface area contributed by atoms with Gasteiger partial charge in [0.05, 0.1) is 17.0 Å². The predicted molar refractivity (Wildman–Crippen MR) is 135 cm³/mol. The first-order valence-electron chi connectivity index (χ1n) is 11.0. The van der Waals surface area contributed by atoms with Crippen molar-refractivity contribution in [3.05, 3.63) is 90.0 Å². The van der Waals surface area contributed by atoms with Crippen molar-refractivity contribution >= 4 is 39.8 Å². The van der Waals surface area contributed by atoms with E-state index in [9.17, 15) is 14.7 Å². The topological polar surface area (TPSA) is 97.8 Å². The summed E-state index contributed by atoms with van der Waals surface area (Å²) in [5, 5.41) is 14.2. The van der Waals surface area contributed by atoms with Crippen molar-refractivity contribution in [1.29, 1.82) is 0 Å². The molecule has 172 valence electrons. The monoisotopic (exact) mass is 454 g/mol. The molecule has 0 spiro atoms. The van der Waals surface area contributed by atoms with Crippen LogP contribution in [0.2, 0.25) is 0 Å². The average Bonchev–Trinajstić information content (AvgIpc) is 3.18. The Bertz CT molecular complexity index is 1340. The lowest BCUT2D eigenvalue weighted by molar-refractivity contribution is -0.119. The molecule has 4 rings (SSSR count). The molecule has 0 aliphatic rings. The number of aromatic amines is 1. The molecular weight excluding hydrogens is 428 g/mol. The smallest absolute Gasteiger partial charge is 0.228 e. The summed E-state index contributed by atoms with van der Waals surface area (Å²) in [6, 6.07) is 24.7. The summed E-state index contributed by atoms with van der Waals surface area (Å²) in [6.07, 6.45) is 0.216. The molecule has 4 aromatic rings. The second-order valence-corrected chi connectivity index (χ2v) is 7.92. The number of nitrogens with one attached hydrogen (secondary N) is 2. The minimum absolute atomic E-state index is 0.0601. The molecule has 3 aromatic carbocycles. The molecule has 7 heteroatoms. The highest BCUT2D eigenvalue weighted by Gasteiger charge is 2.18. The molecule has 0 unspecified atom stereocenters. The number of rotatable bonds is 7. The van der Waals surface area contributed by atoms with Gasteiger partial charge in [-0.2, -0.15) is 0 Å². The van der Waals surface area contributed by atoms with Crippen molar-refractivity contribution in [3.63, 3.8) is 0 Å². The Hall–Kier alpha value is -4.39. The van der Waals surface area contributed by atoms with E-state index in [1.165, 1.54) is 6.92 Å². The number of fused-ring (bicyclic) bond motifs is 1. The van der Waals surface area contributed by atoms with Crippen molar-refractivity contribution in [2.75, 3.05) is 18.5 Å². The van der Waals surface area contributed by atoms with Gasteiger partial charge in [-0.3, -0.25) is 9.59 Å².